The van der Waals surface area contributed by atoms with Crippen molar-refractivity contribution < 1.29 is 29.4 Å². The van der Waals surface area contributed by atoms with Crippen LogP contribution in [0.3, 0.4) is 0 Å². The van der Waals surface area contributed by atoms with E-state index in [4.69, 9.17) is 0 Å². The minimum absolute atomic E-state index is 0.0742. The number of rotatable bonds is 22. The summed E-state index contributed by atoms with van der Waals surface area (Å²) in [7, 11) is 0. The van der Waals surface area contributed by atoms with Crippen LogP contribution in [-0.4, -0.2) is 33.8 Å². The molecule has 0 aliphatic carbocycles. The van der Waals surface area contributed by atoms with E-state index in [-0.39, 0.29) is 35.0 Å². The Labute approximate surface area is 286 Å². The Kier molecular flexibility index (Phi) is 19.4. The van der Waals surface area contributed by atoms with Gasteiger partial charge < -0.3 is 10.2 Å². The van der Waals surface area contributed by atoms with Gasteiger partial charge in [-0.3, -0.25) is 40.9 Å². The summed E-state index contributed by atoms with van der Waals surface area (Å²) in [6.07, 6.45) is 15.9. The summed E-state index contributed by atoms with van der Waals surface area (Å²) in [5, 5.41) is 20.8. The SMILES string of the molecule is CCCCCCc1ccc(C(=O)NNC(=O)CCCC(CCCCCC)C(=O)NNC(=O)c2ccc(CCCCCC)cc2O)c(O)c1. The van der Waals surface area contributed by atoms with Crippen molar-refractivity contribution in [3.05, 3.63) is 58.7 Å². The minimum atomic E-state index is -0.616. The molecular weight excluding hydrogens is 608 g/mol. The zero-order valence-electron chi connectivity index (χ0n) is 29.3. The van der Waals surface area contributed by atoms with Crippen LogP contribution in [0.4, 0.5) is 0 Å². The maximum absolute atomic E-state index is 13.1. The first kappa shape index (κ1) is 40.1. The molecule has 0 saturated heterocycles. The van der Waals surface area contributed by atoms with Crippen LogP contribution in [-0.2, 0) is 22.4 Å². The van der Waals surface area contributed by atoms with E-state index in [1.54, 1.807) is 24.3 Å². The normalized spacial score (nSPS) is 11.5. The summed E-state index contributed by atoms with van der Waals surface area (Å²) in [4.78, 5) is 50.9. The Balaban J connectivity index is 1.84. The topological polar surface area (TPSA) is 157 Å². The van der Waals surface area contributed by atoms with Crippen LogP contribution in [0.1, 0.15) is 155 Å². The first-order valence-corrected chi connectivity index (χ1v) is 18.0. The Morgan fingerprint density at radius 3 is 1.50 bits per heavy atom. The lowest BCUT2D eigenvalue weighted by Crippen LogP contribution is -2.44. The monoisotopic (exact) mass is 666 g/mol. The van der Waals surface area contributed by atoms with E-state index in [2.05, 4.69) is 42.5 Å². The number of aryl methyl sites for hydroxylation is 2. The fraction of sp³-hybridized carbons (Fsp3) is 0.579. The van der Waals surface area contributed by atoms with Crippen molar-refractivity contribution >= 4 is 23.6 Å². The molecule has 0 saturated carbocycles. The molecular formula is C38H58N4O6. The van der Waals surface area contributed by atoms with Crippen molar-refractivity contribution in [2.45, 2.75) is 136 Å². The van der Waals surface area contributed by atoms with Crippen LogP contribution in [0.25, 0.3) is 0 Å². The van der Waals surface area contributed by atoms with Gasteiger partial charge in [0.15, 0.2) is 0 Å². The summed E-state index contributed by atoms with van der Waals surface area (Å²) in [5.41, 5.74) is 11.7. The lowest BCUT2D eigenvalue weighted by molar-refractivity contribution is -0.127. The quantitative estimate of drug-likeness (QED) is 0.0571. The molecule has 6 N–H and O–H groups in total. The van der Waals surface area contributed by atoms with E-state index < -0.39 is 23.6 Å². The average Bonchev–Trinajstić information content (AvgIpc) is 3.07. The summed E-state index contributed by atoms with van der Waals surface area (Å²) in [5.74, 6) is -2.69. The van der Waals surface area contributed by atoms with E-state index >= 15 is 0 Å². The number of unbranched alkanes of at least 4 members (excludes halogenated alkanes) is 9. The molecule has 10 heteroatoms. The standard InChI is InChI=1S/C38H58N4O6/c1-4-7-10-13-17-28-22-24-31(33(43)26-28)37(47)41-39-35(45)21-16-20-30(19-15-12-9-6-3)36(46)40-42-38(48)32-25-23-29(27-34(32)44)18-14-11-8-5-2/h22-27,30,43-44H,4-21H2,1-3H3,(H,39,45)(H,40,46)(H,41,47)(H,42,48). The van der Waals surface area contributed by atoms with Gasteiger partial charge in [-0.15, -0.1) is 0 Å². The highest BCUT2D eigenvalue weighted by Gasteiger charge is 2.21. The first-order valence-electron chi connectivity index (χ1n) is 18.0. The molecule has 1 atom stereocenters. The lowest BCUT2D eigenvalue weighted by atomic mass is 9.94. The number of carbonyl (C=O) groups is 4. The summed E-state index contributed by atoms with van der Waals surface area (Å²) < 4.78 is 0. The van der Waals surface area contributed by atoms with Crippen LogP contribution in [0, 0.1) is 5.92 Å². The second kappa shape index (κ2) is 23.3. The summed E-state index contributed by atoms with van der Waals surface area (Å²) in [6.45, 7) is 6.41. The van der Waals surface area contributed by atoms with Gasteiger partial charge in [0.2, 0.25) is 11.8 Å². The molecule has 2 aromatic rings. The van der Waals surface area contributed by atoms with E-state index in [1.165, 1.54) is 0 Å². The molecule has 266 valence electrons. The second-order valence-corrected chi connectivity index (χ2v) is 12.7. The second-order valence-electron chi connectivity index (χ2n) is 12.7. The van der Waals surface area contributed by atoms with E-state index in [0.717, 1.165) is 101 Å². The molecule has 4 amide bonds. The zero-order chi connectivity index (χ0) is 35.1. The fourth-order valence-electron chi connectivity index (χ4n) is 5.64. The third kappa shape index (κ3) is 15.2. The molecule has 2 aromatic carbocycles. The maximum Gasteiger partial charge on any atom is 0.273 e. The predicted octanol–water partition coefficient (Wildman–Crippen LogP) is 7.32. The van der Waals surface area contributed by atoms with Gasteiger partial charge >= 0.3 is 0 Å². The molecule has 48 heavy (non-hydrogen) atoms. The third-order valence-electron chi connectivity index (χ3n) is 8.60. The van der Waals surface area contributed by atoms with Crippen molar-refractivity contribution in [2.24, 2.45) is 5.92 Å². The number of amides is 4. The van der Waals surface area contributed by atoms with E-state index in [1.807, 2.05) is 12.1 Å². The highest BCUT2D eigenvalue weighted by molar-refractivity contribution is 5.98. The van der Waals surface area contributed by atoms with Crippen LogP contribution in [0.5, 0.6) is 11.5 Å². The van der Waals surface area contributed by atoms with Crippen molar-refractivity contribution in [3.8, 4) is 11.5 Å². The first-order chi connectivity index (χ1) is 23.2. The molecule has 0 spiro atoms. The maximum atomic E-state index is 13.1. The minimum Gasteiger partial charge on any atom is -0.507 e. The van der Waals surface area contributed by atoms with Gasteiger partial charge in [-0.1, -0.05) is 97.1 Å². The smallest absolute Gasteiger partial charge is 0.273 e. The van der Waals surface area contributed by atoms with Crippen molar-refractivity contribution in [1.29, 1.82) is 0 Å². The summed E-state index contributed by atoms with van der Waals surface area (Å²) >= 11 is 0. The highest BCUT2D eigenvalue weighted by atomic mass is 16.3. The van der Waals surface area contributed by atoms with E-state index in [0.29, 0.717) is 19.3 Å². The molecule has 0 aromatic heterocycles. The van der Waals surface area contributed by atoms with Crippen LogP contribution in [0.2, 0.25) is 0 Å². The van der Waals surface area contributed by atoms with Gasteiger partial charge in [0.05, 0.1) is 11.1 Å². The van der Waals surface area contributed by atoms with Gasteiger partial charge in [-0.25, -0.2) is 0 Å². The van der Waals surface area contributed by atoms with Crippen molar-refractivity contribution in [1.82, 2.24) is 21.7 Å². The van der Waals surface area contributed by atoms with Crippen molar-refractivity contribution in [2.75, 3.05) is 0 Å². The number of hydrogen-bond acceptors (Lipinski definition) is 6. The predicted molar refractivity (Wildman–Crippen MR) is 189 cm³/mol. The molecule has 0 heterocycles. The molecule has 0 fully saturated rings. The van der Waals surface area contributed by atoms with Crippen molar-refractivity contribution in [3.63, 3.8) is 0 Å². The molecule has 0 radical (unpaired) electrons. The number of phenolic OH excluding ortho intramolecular Hbond substituents is 2. The largest absolute Gasteiger partial charge is 0.507 e. The van der Waals surface area contributed by atoms with Gasteiger partial charge in [0.25, 0.3) is 11.8 Å². The number of hydrogen-bond donors (Lipinski definition) is 6. The van der Waals surface area contributed by atoms with Crippen LogP contribution < -0.4 is 21.7 Å². The Morgan fingerprint density at radius 1 is 0.562 bits per heavy atom. The Bertz CT molecular complexity index is 1300. The van der Waals surface area contributed by atoms with E-state index in [9.17, 15) is 29.4 Å². The number of aromatic hydroxyl groups is 2. The lowest BCUT2D eigenvalue weighted by Gasteiger charge is -2.17. The average molecular weight is 667 g/mol. The van der Waals surface area contributed by atoms with Gasteiger partial charge in [0.1, 0.15) is 11.5 Å². The number of carbonyl (C=O) groups excluding carboxylic acids is 4. The van der Waals surface area contributed by atoms with Crippen LogP contribution in [0.15, 0.2) is 36.4 Å². The molecule has 1 unspecified atom stereocenters. The zero-order valence-corrected chi connectivity index (χ0v) is 29.3. The molecule has 0 aliphatic heterocycles. The molecule has 0 aliphatic rings. The van der Waals surface area contributed by atoms with Gasteiger partial charge in [-0.05, 0) is 80.3 Å². The van der Waals surface area contributed by atoms with Crippen LogP contribution >= 0.6 is 0 Å². The number of phenols is 2. The molecule has 0 bridgehead atoms. The number of nitrogens with one attached hydrogen (secondary N) is 4. The number of benzene rings is 2. The molecule has 2 rings (SSSR count). The third-order valence-corrected chi connectivity index (χ3v) is 8.60. The Morgan fingerprint density at radius 2 is 1.02 bits per heavy atom. The Hall–Kier alpha value is -4.08. The molecule has 10 nitrogen and oxygen atoms in total. The fourth-order valence-corrected chi connectivity index (χ4v) is 5.64. The highest BCUT2D eigenvalue weighted by Crippen LogP contribution is 2.22. The summed E-state index contributed by atoms with van der Waals surface area (Å²) in [6, 6.07) is 9.94. The van der Waals surface area contributed by atoms with Gasteiger partial charge in [-0.2, -0.15) is 0 Å². The van der Waals surface area contributed by atoms with Gasteiger partial charge in [0, 0.05) is 12.3 Å². The number of hydrazine groups is 2.